The first kappa shape index (κ1) is 16.0. The number of likely N-dealkylation sites (tertiary alicyclic amines) is 1. The van der Waals surface area contributed by atoms with Crippen molar-refractivity contribution in [3.8, 4) is 0 Å². The molecule has 1 saturated heterocycles. The number of nitrogens with one attached hydrogen (secondary N) is 2. The van der Waals surface area contributed by atoms with E-state index in [0.717, 1.165) is 12.8 Å². The van der Waals surface area contributed by atoms with Crippen LogP contribution in [0.15, 0.2) is 24.3 Å². The minimum atomic E-state index is -0.166. The monoisotopic (exact) mass is 303 g/mol. The second-order valence-corrected chi connectivity index (χ2v) is 5.53. The number of carbonyl (C=O) groups is 3. The third-order valence-electron chi connectivity index (χ3n) is 3.62. The van der Waals surface area contributed by atoms with E-state index >= 15 is 0 Å². The molecule has 1 heterocycles. The predicted octanol–water partition coefficient (Wildman–Crippen LogP) is 1.39. The smallest absolute Gasteiger partial charge is 0.253 e. The van der Waals surface area contributed by atoms with E-state index < -0.39 is 0 Å². The van der Waals surface area contributed by atoms with Crippen LogP contribution in [0, 0.1) is 0 Å². The highest BCUT2D eigenvalue weighted by Crippen LogP contribution is 2.17. The lowest BCUT2D eigenvalue weighted by atomic mass is 10.0. The van der Waals surface area contributed by atoms with Crippen molar-refractivity contribution in [2.75, 3.05) is 18.4 Å². The quantitative estimate of drug-likeness (QED) is 0.885. The third-order valence-corrected chi connectivity index (χ3v) is 3.62. The van der Waals surface area contributed by atoms with Gasteiger partial charge in [-0.3, -0.25) is 14.4 Å². The van der Waals surface area contributed by atoms with Gasteiger partial charge in [-0.2, -0.15) is 0 Å². The first-order valence-corrected chi connectivity index (χ1v) is 7.39. The van der Waals surface area contributed by atoms with Crippen molar-refractivity contribution in [1.29, 1.82) is 0 Å². The molecule has 1 aromatic rings. The van der Waals surface area contributed by atoms with Crippen LogP contribution in [0.2, 0.25) is 0 Å². The number of rotatable bonds is 3. The van der Waals surface area contributed by atoms with E-state index in [2.05, 4.69) is 10.6 Å². The van der Waals surface area contributed by atoms with E-state index in [0.29, 0.717) is 24.3 Å². The topological polar surface area (TPSA) is 78.5 Å². The summed E-state index contributed by atoms with van der Waals surface area (Å²) in [7, 11) is 0. The maximum Gasteiger partial charge on any atom is 0.253 e. The van der Waals surface area contributed by atoms with Gasteiger partial charge >= 0.3 is 0 Å². The van der Waals surface area contributed by atoms with E-state index in [1.807, 2.05) is 0 Å². The molecule has 0 atom stereocenters. The molecule has 2 N–H and O–H groups in total. The summed E-state index contributed by atoms with van der Waals surface area (Å²) in [6.45, 7) is 4.18. The fourth-order valence-electron chi connectivity index (χ4n) is 2.63. The number of piperidine rings is 1. The number of anilines is 1. The summed E-state index contributed by atoms with van der Waals surface area (Å²) in [5.74, 6) is -0.248. The predicted molar refractivity (Wildman–Crippen MR) is 83.5 cm³/mol. The summed E-state index contributed by atoms with van der Waals surface area (Å²) in [5, 5.41) is 5.56. The SMILES string of the molecule is CC(=O)Nc1cccc(C(=O)N2CCC(NC(C)=O)CC2)c1. The Morgan fingerprint density at radius 2 is 1.77 bits per heavy atom. The van der Waals surface area contributed by atoms with Gasteiger partial charge in [0, 0.05) is 44.2 Å². The molecule has 1 aliphatic heterocycles. The highest BCUT2D eigenvalue weighted by atomic mass is 16.2. The largest absolute Gasteiger partial charge is 0.353 e. The fourth-order valence-corrected chi connectivity index (χ4v) is 2.63. The lowest BCUT2D eigenvalue weighted by Crippen LogP contribution is -2.46. The molecule has 2 rings (SSSR count). The molecule has 0 aliphatic carbocycles. The van der Waals surface area contributed by atoms with Crippen molar-refractivity contribution < 1.29 is 14.4 Å². The summed E-state index contributed by atoms with van der Waals surface area (Å²) < 4.78 is 0. The molecule has 0 spiro atoms. The summed E-state index contributed by atoms with van der Waals surface area (Å²) in [5.41, 5.74) is 1.18. The van der Waals surface area contributed by atoms with Gasteiger partial charge in [0.1, 0.15) is 0 Å². The zero-order chi connectivity index (χ0) is 16.1. The Kier molecular flexibility index (Phi) is 5.14. The van der Waals surface area contributed by atoms with Crippen LogP contribution in [0.4, 0.5) is 5.69 Å². The summed E-state index contributed by atoms with van der Waals surface area (Å²) in [6.07, 6.45) is 1.52. The zero-order valence-corrected chi connectivity index (χ0v) is 12.9. The molecule has 0 bridgehead atoms. The van der Waals surface area contributed by atoms with Crippen molar-refractivity contribution in [2.45, 2.75) is 32.7 Å². The van der Waals surface area contributed by atoms with Crippen molar-refractivity contribution >= 4 is 23.4 Å². The standard InChI is InChI=1S/C16H21N3O3/c1-11(20)17-14-6-8-19(9-7-14)16(22)13-4-3-5-15(10-13)18-12(2)21/h3-5,10,14H,6-9H2,1-2H3,(H,17,20)(H,18,21). The Morgan fingerprint density at radius 1 is 1.09 bits per heavy atom. The summed E-state index contributed by atoms with van der Waals surface area (Å²) in [6, 6.07) is 7.08. The zero-order valence-electron chi connectivity index (χ0n) is 12.9. The molecule has 0 radical (unpaired) electrons. The molecule has 118 valence electrons. The van der Waals surface area contributed by atoms with Crippen LogP contribution in [-0.2, 0) is 9.59 Å². The van der Waals surface area contributed by atoms with Crippen LogP contribution < -0.4 is 10.6 Å². The lowest BCUT2D eigenvalue weighted by Gasteiger charge is -2.32. The summed E-state index contributed by atoms with van der Waals surface area (Å²) >= 11 is 0. The molecule has 1 fully saturated rings. The molecule has 1 aliphatic rings. The van der Waals surface area contributed by atoms with Crippen molar-refractivity contribution in [3.63, 3.8) is 0 Å². The van der Waals surface area contributed by atoms with Crippen molar-refractivity contribution in [3.05, 3.63) is 29.8 Å². The van der Waals surface area contributed by atoms with Crippen LogP contribution in [0.1, 0.15) is 37.0 Å². The lowest BCUT2D eigenvalue weighted by molar-refractivity contribution is -0.120. The first-order chi connectivity index (χ1) is 10.5. The van der Waals surface area contributed by atoms with Crippen LogP contribution in [-0.4, -0.2) is 41.8 Å². The molecule has 22 heavy (non-hydrogen) atoms. The Bertz CT molecular complexity index is 578. The van der Waals surface area contributed by atoms with Crippen LogP contribution in [0.25, 0.3) is 0 Å². The van der Waals surface area contributed by atoms with Crippen LogP contribution in [0.3, 0.4) is 0 Å². The molecule has 0 aromatic heterocycles. The normalized spacial score (nSPS) is 15.3. The number of carbonyl (C=O) groups excluding carboxylic acids is 3. The number of hydrogen-bond acceptors (Lipinski definition) is 3. The Balaban J connectivity index is 1.98. The second-order valence-electron chi connectivity index (χ2n) is 5.53. The molecular formula is C16H21N3O3. The number of benzene rings is 1. The van der Waals surface area contributed by atoms with Gasteiger partial charge in [-0.15, -0.1) is 0 Å². The number of hydrogen-bond donors (Lipinski definition) is 2. The minimum Gasteiger partial charge on any atom is -0.353 e. The molecule has 6 nitrogen and oxygen atoms in total. The average Bonchev–Trinajstić information content (AvgIpc) is 2.46. The highest BCUT2D eigenvalue weighted by molar-refractivity contribution is 5.96. The van der Waals surface area contributed by atoms with Crippen molar-refractivity contribution in [1.82, 2.24) is 10.2 Å². The van der Waals surface area contributed by atoms with E-state index in [9.17, 15) is 14.4 Å². The molecule has 1 aromatic carbocycles. The fraction of sp³-hybridized carbons (Fsp3) is 0.438. The van der Waals surface area contributed by atoms with Gasteiger partial charge in [0.15, 0.2) is 0 Å². The number of amides is 3. The van der Waals surface area contributed by atoms with Crippen LogP contribution in [0.5, 0.6) is 0 Å². The van der Waals surface area contributed by atoms with Gasteiger partial charge in [-0.05, 0) is 31.0 Å². The van der Waals surface area contributed by atoms with Crippen molar-refractivity contribution in [2.24, 2.45) is 0 Å². The molecule has 0 saturated carbocycles. The molecule has 0 unspecified atom stereocenters. The van der Waals surface area contributed by atoms with E-state index in [4.69, 9.17) is 0 Å². The average molecular weight is 303 g/mol. The maximum atomic E-state index is 12.5. The first-order valence-electron chi connectivity index (χ1n) is 7.39. The Labute approximate surface area is 129 Å². The van der Waals surface area contributed by atoms with Gasteiger partial charge in [-0.1, -0.05) is 6.07 Å². The van der Waals surface area contributed by atoms with E-state index in [1.54, 1.807) is 29.2 Å². The Hall–Kier alpha value is -2.37. The van der Waals surface area contributed by atoms with Crippen LogP contribution >= 0.6 is 0 Å². The highest BCUT2D eigenvalue weighted by Gasteiger charge is 2.24. The molecule has 3 amide bonds. The second kappa shape index (κ2) is 7.06. The van der Waals surface area contributed by atoms with Gasteiger partial charge in [0.2, 0.25) is 11.8 Å². The van der Waals surface area contributed by atoms with E-state index in [1.165, 1.54) is 13.8 Å². The number of nitrogens with zero attached hydrogens (tertiary/aromatic N) is 1. The molecule has 6 heteroatoms. The van der Waals surface area contributed by atoms with Gasteiger partial charge in [-0.25, -0.2) is 0 Å². The molecular weight excluding hydrogens is 282 g/mol. The third kappa shape index (κ3) is 4.31. The maximum absolute atomic E-state index is 12.5. The minimum absolute atomic E-state index is 0.0345. The van der Waals surface area contributed by atoms with E-state index in [-0.39, 0.29) is 23.8 Å². The van der Waals surface area contributed by atoms with Gasteiger partial charge in [0.25, 0.3) is 5.91 Å². The van der Waals surface area contributed by atoms with Gasteiger partial charge < -0.3 is 15.5 Å². The summed E-state index contributed by atoms with van der Waals surface area (Å²) in [4.78, 5) is 36.4. The van der Waals surface area contributed by atoms with Gasteiger partial charge in [0.05, 0.1) is 0 Å². The Morgan fingerprint density at radius 3 is 2.36 bits per heavy atom.